The Kier molecular flexibility index (Phi) is 6.87. The smallest absolute Gasteiger partial charge is 0.185 e. The van der Waals surface area contributed by atoms with Crippen LogP contribution in [0.1, 0.15) is 36.2 Å². The Hall–Kier alpha value is -1.75. The maximum atomic E-state index is 10.9. The monoisotopic (exact) mass is 294 g/mol. The van der Waals surface area contributed by atoms with Crippen molar-refractivity contribution in [3.8, 4) is 11.5 Å². The van der Waals surface area contributed by atoms with Gasteiger partial charge in [-0.05, 0) is 25.5 Å². The molecule has 0 radical (unpaired) electrons. The van der Waals surface area contributed by atoms with Crippen molar-refractivity contribution in [2.45, 2.75) is 20.3 Å². The molecule has 1 aromatic carbocycles. The van der Waals surface area contributed by atoms with Crippen LogP contribution >= 0.6 is 11.8 Å². The van der Waals surface area contributed by atoms with Gasteiger partial charge in [0.25, 0.3) is 0 Å². The highest BCUT2D eigenvalue weighted by Gasteiger charge is 2.08. The van der Waals surface area contributed by atoms with Gasteiger partial charge in [-0.25, -0.2) is 0 Å². The van der Waals surface area contributed by atoms with Gasteiger partial charge in [0.15, 0.2) is 16.6 Å². The zero-order valence-corrected chi connectivity index (χ0v) is 12.4. The average molecular weight is 294 g/mol. The van der Waals surface area contributed by atoms with E-state index in [4.69, 9.17) is 4.74 Å². The molecule has 0 aliphatic heterocycles. The summed E-state index contributed by atoms with van der Waals surface area (Å²) < 4.78 is 5.29. The largest absolute Gasteiger partial charge is 0.504 e. The van der Waals surface area contributed by atoms with Crippen molar-refractivity contribution in [1.82, 2.24) is 0 Å². The first kappa shape index (κ1) is 16.3. The van der Waals surface area contributed by atoms with Crippen LogP contribution < -0.4 is 4.74 Å². The first-order chi connectivity index (χ1) is 9.58. The highest BCUT2D eigenvalue weighted by atomic mass is 32.2. The molecule has 1 rings (SSSR count). The van der Waals surface area contributed by atoms with E-state index in [1.54, 1.807) is 12.1 Å². The van der Waals surface area contributed by atoms with E-state index < -0.39 is 0 Å². The topological polar surface area (TPSA) is 63.6 Å². The molecule has 0 spiro atoms. The summed E-state index contributed by atoms with van der Waals surface area (Å²) in [5.74, 6) is 1.01. The van der Waals surface area contributed by atoms with Crippen LogP contribution in [0.4, 0.5) is 0 Å². The lowest BCUT2D eigenvalue weighted by Crippen LogP contribution is -1.95. The van der Waals surface area contributed by atoms with E-state index in [0.29, 0.717) is 41.9 Å². The van der Waals surface area contributed by atoms with Crippen LogP contribution in [0.25, 0.3) is 6.08 Å². The molecule has 0 aliphatic carbocycles. The lowest BCUT2D eigenvalue weighted by molar-refractivity contribution is -0.109. The van der Waals surface area contributed by atoms with Gasteiger partial charge in [0.2, 0.25) is 0 Å². The minimum Gasteiger partial charge on any atom is -0.504 e. The molecule has 0 aliphatic rings. The molecule has 4 nitrogen and oxygen atoms in total. The zero-order chi connectivity index (χ0) is 15.0. The maximum absolute atomic E-state index is 10.9. The van der Waals surface area contributed by atoms with Gasteiger partial charge in [0.1, 0.15) is 6.29 Å². The van der Waals surface area contributed by atoms with Gasteiger partial charge in [-0.3, -0.25) is 9.59 Å². The zero-order valence-electron chi connectivity index (χ0n) is 11.6. The molecule has 20 heavy (non-hydrogen) atoms. The fourth-order valence-corrected chi connectivity index (χ4v) is 2.13. The fourth-order valence-electron chi connectivity index (χ4n) is 1.59. The van der Waals surface area contributed by atoms with Gasteiger partial charge >= 0.3 is 0 Å². The third kappa shape index (κ3) is 5.09. The van der Waals surface area contributed by atoms with Gasteiger partial charge < -0.3 is 9.84 Å². The molecule has 0 saturated carbocycles. The van der Waals surface area contributed by atoms with Crippen molar-refractivity contribution in [3.63, 3.8) is 0 Å². The molecule has 0 fully saturated rings. The van der Waals surface area contributed by atoms with Gasteiger partial charge in [0, 0.05) is 23.8 Å². The van der Waals surface area contributed by atoms with Crippen molar-refractivity contribution in [1.29, 1.82) is 0 Å². The van der Waals surface area contributed by atoms with Gasteiger partial charge in [-0.15, -0.1) is 0 Å². The second-order valence-corrected chi connectivity index (χ2v) is 5.31. The lowest BCUT2D eigenvalue weighted by Gasteiger charge is -2.09. The molecular weight excluding hydrogens is 276 g/mol. The molecule has 0 heterocycles. The van der Waals surface area contributed by atoms with Crippen molar-refractivity contribution < 1.29 is 19.4 Å². The Morgan fingerprint density at radius 2 is 2.20 bits per heavy atom. The van der Waals surface area contributed by atoms with E-state index in [1.165, 1.54) is 24.8 Å². The Morgan fingerprint density at radius 1 is 1.45 bits per heavy atom. The lowest BCUT2D eigenvalue weighted by atomic mass is 10.1. The SMILES string of the molecule is CCOc1cc(C=O)cc(C=CCCSC(C)=O)c1O. The van der Waals surface area contributed by atoms with E-state index >= 15 is 0 Å². The minimum atomic E-state index is 0.0212. The minimum absolute atomic E-state index is 0.0212. The van der Waals surface area contributed by atoms with Gasteiger partial charge in [-0.1, -0.05) is 23.9 Å². The predicted octanol–water partition coefficient (Wildman–Crippen LogP) is 3.29. The highest BCUT2D eigenvalue weighted by Crippen LogP contribution is 2.32. The number of hydrogen-bond donors (Lipinski definition) is 1. The molecule has 108 valence electrons. The number of thioether (sulfide) groups is 1. The first-order valence-electron chi connectivity index (χ1n) is 6.33. The summed E-state index contributed by atoms with van der Waals surface area (Å²) in [5.41, 5.74) is 0.981. The summed E-state index contributed by atoms with van der Waals surface area (Å²) in [6.07, 6.45) is 5.00. The normalized spacial score (nSPS) is 10.7. The van der Waals surface area contributed by atoms with Crippen LogP contribution in [-0.4, -0.2) is 28.9 Å². The molecule has 0 aromatic heterocycles. The summed E-state index contributed by atoms with van der Waals surface area (Å²) in [4.78, 5) is 21.7. The van der Waals surface area contributed by atoms with E-state index in [-0.39, 0.29) is 10.9 Å². The van der Waals surface area contributed by atoms with Gasteiger partial charge in [-0.2, -0.15) is 0 Å². The molecule has 0 saturated heterocycles. The van der Waals surface area contributed by atoms with Crippen LogP contribution in [0.2, 0.25) is 0 Å². The van der Waals surface area contributed by atoms with Crippen molar-refractivity contribution in [3.05, 3.63) is 29.3 Å². The number of aromatic hydroxyl groups is 1. The van der Waals surface area contributed by atoms with Gasteiger partial charge in [0.05, 0.1) is 6.61 Å². The summed E-state index contributed by atoms with van der Waals surface area (Å²) in [6, 6.07) is 3.11. The summed E-state index contributed by atoms with van der Waals surface area (Å²) in [7, 11) is 0. The van der Waals surface area contributed by atoms with Crippen LogP contribution in [0.15, 0.2) is 18.2 Å². The number of phenols is 1. The van der Waals surface area contributed by atoms with E-state index in [2.05, 4.69) is 0 Å². The fraction of sp³-hybridized carbons (Fsp3) is 0.333. The quantitative estimate of drug-likeness (QED) is 0.617. The van der Waals surface area contributed by atoms with E-state index in [1.807, 2.05) is 13.0 Å². The molecule has 1 aromatic rings. The van der Waals surface area contributed by atoms with Crippen LogP contribution in [0.5, 0.6) is 11.5 Å². The van der Waals surface area contributed by atoms with Crippen molar-refractivity contribution in [2.24, 2.45) is 0 Å². The third-order valence-corrected chi connectivity index (χ3v) is 3.30. The Bertz CT molecular complexity index is 509. The molecule has 0 unspecified atom stereocenters. The van der Waals surface area contributed by atoms with E-state index in [0.717, 1.165) is 0 Å². The number of aldehydes is 1. The number of carbonyl (C=O) groups is 2. The standard InChI is InChI=1S/C15H18O4S/c1-3-19-14-9-12(10-16)8-13(15(14)18)6-4-5-7-20-11(2)17/h4,6,8-10,18H,3,5,7H2,1-2H3. The van der Waals surface area contributed by atoms with Crippen LogP contribution in [0, 0.1) is 0 Å². The number of carbonyl (C=O) groups excluding carboxylic acids is 2. The summed E-state index contributed by atoms with van der Waals surface area (Å²) >= 11 is 1.26. The van der Waals surface area contributed by atoms with E-state index in [9.17, 15) is 14.7 Å². The summed E-state index contributed by atoms with van der Waals surface area (Å²) in [5, 5.41) is 10.1. The second-order valence-electron chi connectivity index (χ2n) is 4.04. The molecule has 0 atom stereocenters. The Morgan fingerprint density at radius 3 is 2.80 bits per heavy atom. The Balaban J connectivity index is 2.82. The molecule has 0 amide bonds. The summed E-state index contributed by atoms with van der Waals surface area (Å²) in [6.45, 7) is 3.75. The van der Waals surface area contributed by atoms with Crippen LogP contribution in [-0.2, 0) is 4.79 Å². The number of rotatable bonds is 7. The number of benzene rings is 1. The van der Waals surface area contributed by atoms with Crippen molar-refractivity contribution in [2.75, 3.05) is 12.4 Å². The molecule has 0 bridgehead atoms. The average Bonchev–Trinajstić information content (AvgIpc) is 2.42. The number of allylic oxidation sites excluding steroid dienone is 1. The third-order valence-electron chi connectivity index (χ3n) is 2.45. The maximum Gasteiger partial charge on any atom is 0.185 e. The van der Waals surface area contributed by atoms with Crippen molar-refractivity contribution >= 4 is 29.2 Å². The molecule has 1 N–H and O–H groups in total. The highest BCUT2D eigenvalue weighted by molar-refractivity contribution is 8.13. The molecular formula is C15H18O4S. The Labute approximate surface area is 122 Å². The number of phenolic OH excluding ortho intramolecular Hbond substituents is 1. The second kappa shape index (κ2) is 8.43. The van der Waals surface area contributed by atoms with Crippen LogP contribution in [0.3, 0.4) is 0 Å². The number of ether oxygens (including phenoxy) is 1. The first-order valence-corrected chi connectivity index (χ1v) is 7.32. The predicted molar refractivity (Wildman–Crippen MR) is 81.5 cm³/mol. The molecule has 5 heteroatoms. The number of hydrogen-bond acceptors (Lipinski definition) is 5.